The fourth-order valence-corrected chi connectivity index (χ4v) is 4.26. The molecule has 8 N–H and O–H groups in total. The first kappa shape index (κ1) is 27.0. The van der Waals surface area contributed by atoms with E-state index in [0.717, 1.165) is 0 Å². The van der Waals surface area contributed by atoms with E-state index in [-0.39, 0.29) is 12.5 Å². The third-order valence-electron chi connectivity index (χ3n) is 6.47. The van der Waals surface area contributed by atoms with E-state index in [1.165, 1.54) is 17.2 Å². The molecule has 1 unspecified atom stereocenters. The minimum atomic E-state index is -1.49. The van der Waals surface area contributed by atoms with Gasteiger partial charge in [-0.05, 0) is 12.3 Å². The van der Waals surface area contributed by atoms with Crippen molar-refractivity contribution < 1.29 is 50.0 Å². The van der Waals surface area contributed by atoms with Gasteiger partial charge in [0.2, 0.25) is 0 Å². The molecule has 2 aliphatic heterocycles. The van der Waals surface area contributed by atoms with Gasteiger partial charge in [-0.3, -0.25) is 4.57 Å². The molecule has 2 aromatic rings. The van der Waals surface area contributed by atoms with Gasteiger partial charge < -0.3 is 55.3 Å². The van der Waals surface area contributed by atoms with Crippen molar-refractivity contribution in [2.45, 2.75) is 68.6 Å². The van der Waals surface area contributed by atoms with E-state index in [1.807, 2.05) is 6.92 Å². The zero-order valence-electron chi connectivity index (χ0n) is 19.6. The predicted molar refractivity (Wildman–Crippen MR) is 120 cm³/mol. The number of nitrogens with zero attached hydrogens (tertiary/aromatic N) is 4. The minimum Gasteiger partial charge on any atom is -0.394 e. The first-order valence-electron chi connectivity index (χ1n) is 11.7. The number of aliphatic hydroxyl groups excluding tert-OH is 7. The van der Waals surface area contributed by atoms with Crippen LogP contribution in [0.5, 0.6) is 0 Å². The Morgan fingerprint density at radius 2 is 1.64 bits per heavy atom. The highest BCUT2D eigenvalue weighted by molar-refractivity contribution is 5.82. The van der Waals surface area contributed by atoms with Crippen LogP contribution in [0.4, 0.5) is 5.82 Å². The molecule has 15 heteroatoms. The Kier molecular flexibility index (Phi) is 8.67. The summed E-state index contributed by atoms with van der Waals surface area (Å²) in [5.74, 6) is 0.450. The molecule has 0 aliphatic carbocycles. The van der Waals surface area contributed by atoms with E-state index in [2.05, 4.69) is 20.3 Å². The Hall–Kier alpha value is -2.05. The van der Waals surface area contributed by atoms with Crippen molar-refractivity contribution in [1.29, 1.82) is 0 Å². The zero-order chi connectivity index (χ0) is 26.0. The summed E-state index contributed by atoms with van der Waals surface area (Å²) in [4.78, 5) is 12.7. The number of aromatic nitrogens is 4. The molecule has 0 saturated carbocycles. The van der Waals surface area contributed by atoms with Crippen LogP contribution in [0.2, 0.25) is 0 Å². The maximum Gasteiger partial charge on any atom is 0.186 e. The fraction of sp³-hybridized carbons (Fsp3) is 0.762. The molecule has 0 bridgehead atoms. The van der Waals surface area contributed by atoms with E-state index in [4.69, 9.17) is 14.2 Å². The normalized spacial score (nSPS) is 35.8. The second-order valence-electron chi connectivity index (χ2n) is 9.13. The summed E-state index contributed by atoms with van der Waals surface area (Å²) in [5, 5.41) is 71.9. The molecule has 202 valence electrons. The van der Waals surface area contributed by atoms with Crippen molar-refractivity contribution in [3.63, 3.8) is 0 Å². The van der Waals surface area contributed by atoms with Crippen LogP contribution in [-0.4, -0.2) is 131 Å². The summed E-state index contributed by atoms with van der Waals surface area (Å²) >= 11 is 0. The van der Waals surface area contributed by atoms with Crippen molar-refractivity contribution in [1.82, 2.24) is 19.5 Å². The second-order valence-corrected chi connectivity index (χ2v) is 9.13. The molecule has 36 heavy (non-hydrogen) atoms. The third kappa shape index (κ3) is 5.31. The van der Waals surface area contributed by atoms with Gasteiger partial charge in [0.05, 0.1) is 26.1 Å². The highest BCUT2D eigenvalue weighted by Crippen LogP contribution is 2.32. The van der Waals surface area contributed by atoms with Gasteiger partial charge in [-0.25, -0.2) is 15.0 Å². The molecular formula is C21H33N5O10. The molecule has 4 rings (SSSR count). The average Bonchev–Trinajstić information content (AvgIpc) is 3.43. The number of anilines is 1. The monoisotopic (exact) mass is 515 g/mol. The number of ether oxygens (including phenoxy) is 3. The van der Waals surface area contributed by atoms with Gasteiger partial charge in [0, 0.05) is 6.54 Å². The summed E-state index contributed by atoms with van der Waals surface area (Å²) in [5.41, 5.74) is 0.807. The van der Waals surface area contributed by atoms with E-state index < -0.39 is 68.5 Å². The Bertz CT molecular complexity index is 995. The lowest BCUT2D eigenvalue weighted by molar-refractivity contribution is -0.303. The molecule has 2 aliphatic rings. The van der Waals surface area contributed by atoms with E-state index in [9.17, 15) is 35.7 Å². The van der Waals surface area contributed by atoms with Crippen LogP contribution < -0.4 is 5.32 Å². The largest absolute Gasteiger partial charge is 0.394 e. The number of hydrogen-bond acceptors (Lipinski definition) is 14. The van der Waals surface area contributed by atoms with Crippen LogP contribution >= 0.6 is 0 Å². The van der Waals surface area contributed by atoms with Crippen LogP contribution in [0.1, 0.15) is 19.6 Å². The van der Waals surface area contributed by atoms with Crippen molar-refractivity contribution in [3.8, 4) is 0 Å². The first-order valence-corrected chi connectivity index (χ1v) is 11.7. The van der Waals surface area contributed by atoms with Crippen LogP contribution in [0, 0.1) is 5.92 Å². The number of rotatable bonds is 10. The Balaban J connectivity index is 1.31. The summed E-state index contributed by atoms with van der Waals surface area (Å²) < 4.78 is 18.0. The zero-order valence-corrected chi connectivity index (χ0v) is 19.6. The van der Waals surface area contributed by atoms with E-state index in [1.54, 1.807) is 0 Å². The molecule has 0 spiro atoms. The minimum absolute atomic E-state index is 0.00121. The molecule has 15 nitrogen and oxygen atoms in total. The predicted octanol–water partition coefficient (Wildman–Crippen LogP) is -3.31. The fourth-order valence-electron chi connectivity index (χ4n) is 4.26. The van der Waals surface area contributed by atoms with Crippen LogP contribution in [0.3, 0.4) is 0 Å². The van der Waals surface area contributed by atoms with Crippen molar-refractivity contribution >= 4 is 17.0 Å². The van der Waals surface area contributed by atoms with Gasteiger partial charge in [-0.1, -0.05) is 6.92 Å². The summed E-state index contributed by atoms with van der Waals surface area (Å²) in [6.45, 7) is 1.61. The summed E-state index contributed by atoms with van der Waals surface area (Å²) in [7, 11) is 0. The van der Waals surface area contributed by atoms with E-state index in [0.29, 0.717) is 29.9 Å². The number of imidazole rings is 1. The van der Waals surface area contributed by atoms with Crippen LogP contribution in [0.15, 0.2) is 12.7 Å². The molecule has 2 aromatic heterocycles. The Labute approximate surface area is 205 Å². The first-order chi connectivity index (χ1) is 17.3. The SMILES string of the molecule is CC(CCNc1ncnc2c1ncn2[C@@H]1O[C@H](CO)[C@@H](O)[C@H]1O)CO[C@@H]1O[C@H](CO)[C@@H](O)[C@H](O)[C@H]1O. The Morgan fingerprint density at radius 1 is 0.944 bits per heavy atom. The number of hydrogen-bond donors (Lipinski definition) is 8. The van der Waals surface area contributed by atoms with Crippen molar-refractivity contribution in [3.05, 3.63) is 12.7 Å². The number of fused-ring (bicyclic) bond motifs is 1. The Morgan fingerprint density at radius 3 is 2.33 bits per heavy atom. The van der Waals surface area contributed by atoms with Gasteiger partial charge >= 0.3 is 0 Å². The molecule has 0 aromatic carbocycles. The van der Waals surface area contributed by atoms with Gasteiger partial charge in [0.15, 0.2) is 29.5 Å². The van der Waals surface area contributed by atoms with Crippen LogP contribution in [-0.2, 0) is 14.2 Å². The smallest absolute Gasteiger partial charge is 0.186 e. The topological polar surface area (TPSA) is 225 Å². The van der Waals surface area contributed by atoms with Crippen molar-refractivity contribution in [2.75, 3.05) is 31.7 Å². The van der Waals surface area contributed by atoms with Gasteiger partial charge in [-0.15, -0.1) is 0 Å². The van der Waals surface area contributed by atoms with Gasteiger partial charge in [0.1, 0.15) is 49.1 Å². The summed E-state index contributed by atoms with van der Waals surface area (Å²) in [6.07, 6.45) is -7.63. The highest BCUT2D eigenvalue weighted by Gasteiger charge is 2.45. The van der Waals surface area contributed by atoms with Crippen molar-refractivity contribution in [2.24, 2.45) is 5.92 Å². The summed E-state index contributed by atoms with van der Waals surface area (Å²) in [6, 6.07) is 0. The molecule has 0 radical (unpaired) electrons. The molecule has 2 fully saturated rings. The maximum atomic E-state index is 10.3. The standard InChI is InChI=1S/C21H33N5O10/c1-9(6-34-21-17(33)15(31)13(29)11(5-28)36-21)2-3-22-18-12-19(24-7-23-18)26(8-25-12)20-16(32)14(30)10(4-27)35-20/h7-11,13-17,20-21,27-33H,2-6H2,1H3,(H,22,23,24)/t9?,10-,11-,13-,14-,15+,16-,17-,20-,21-/m1/s1. The number of aliphatic hydroxyl groups is 7. The lowest BCUT2D eigenvalue weighted by Crippen LogP contribution is -2.59. The average molecular weight is 516 g/mol. The number of nitrogens with one attached hydrogen (secondary N) is 1. The maximum absolute atomic E-state index is 10.3. The van der Waals surface area contributed by atoms with Gasteiger partial charge in [0.25, 0.3) is 0 Å². The molecule has 2 saturated heterocycles. The molecule has 0 amide bonds. The second kappa shape index (κ2) is 11.6. The lowest BCUT2D eigenvalue weighted by atomic mass is 9.99. The molecule has 10 atom stereocenters. The van der Waals surface area contributed by atoms with Crippen LogP contribution in [0.25, 0.3) is 11.2 Å². The highest BCUT2D eigenvalue weighted by atomic mass is 16.7. The quantitative estimate of drug-likeness (QED) is 0.155. The van der Waals surface area contributed by atoms with E-state index >= 15 is 0 Å². The molecule has 4 heterocycles. The lowest BCUT2D eigenvalue weighted by Gasteiger charge is -2.39. The molecular weight excluding hydrogens is 482 g/mol. The third-order valence-corrected chi connectivity index (χ3v) is 6.47. The van der Waals surface area contributed by atoms with Gasteiger partial charge in [-0.2, -0.15) is 0 Å².